The predicted octanol–water partition coefficient (Wildman–Crippen LogP) is -0.122. The first kappa shape index (κ1) is 18.3. The van der Waals surface area contributed by atoms with Gasteiger partial charge < -0.3 is 27.4 Å². The summed E-state index contributed by atoms with van der Waals surface area (Å²) in [7, 11) is 0. The van der Waals surface area contributed by atoms with Crippen LogP contribution in [0, 0.1) is 0 Å². The number of unbranched alkanes of at least 4 members (excludes halogenated alkanes) is 1. The van der Waals surface area contributed by atoms with Crippen LogP contribution >= 0.6 is 0 Å². The molecule has 1 fully saturated rings. The van der Waals surface area contributed by atoms with Gasteiger partial charge in [0, 0.05) is 26.2 Å². The fourth-order valence-electron chi connectivity index (χ4n) is 2.53. The zero-order valence-corrected chi connectivity index (χ0v) is 14.0. The van der Waals surface area contributed by atoms with Crippen LogP contribution in [0.4, 0.5) is 0 Å². The van der Waals surface area contributed by atoms with E-state index in [4.69, 9.17) is 4.74 Å². The predicted molar refractivity (Wildman–Crippen MR) is 84.6 cm³/mol. The normalized spacial score (nSPS) is 15.8. The van der Waals surface area contributed by atoms with Crippen LogP contribution in [-0.2, 0) is 0 Å². The summed E-state index contributed by atoms with van der Waals surface area (Å²) in [5, 5.41) is 3.39. The van der Waals surface area contributed by atoms with E-state index in [-0.39, 0.29) is 12.4 Å². The first-order valence-electron chi connectivity index (χ1n) is 7.91. The van der Waals surface area contributed by atoms with Gasteiger partial charge in [-0.1, -0.05) is 26.0 Å². The first-order chi connectivity index (χ1) is 9.75. The Kier molecular flexibility index (Phi) is 8.74. The highest BCUT2D eigenvalue weighted by Crippen LogP contribution is 2.20. The topological polar surface area (TPSA) is 24.5 Å². The number of halogens is 1. The number of nitrogens with one attached hydrogen (secondary N) is 1. The molecule has 1 aromatic carbocycles. The van der Waals surface area contributed by atoms with Gasteiger partial charge in [-0.15, -0.1) is 0 Å². The van der Waals surface area contributed by atoms with Crippen molar-refractivity contribution >= 4 is 0 Å². The molecule has 2 rings (SSSR count). The molecule has 0 saturated carbocycles. The van der Waals surface area contributed by atoms with Crippen molar-refractivity contribution in [3.8, 4) is 5.75 Å². The van der Waals surface area contributed by atoms with Crippen molar-refractivity contribution in [1.29, 1.82) is 0 Å². The molecule has 21 heavy (non-hydrogen) atoms. The second kappa shape index (κ2) is 10.0. The second-order valence-electron chi connectivity index (χ2n) is 5.87. The highest BCUT2D eigenvalue weighted by molar-refractivity contribution is 5.30. The van der Waals surface area contributed by atoms with Crippen molar-refractivity contribution in [3.05, 3.63) is 29.8 Å². The quantitative estimate of drug-likeness (QED) is 0.711. The summed E-state index contributed by atoms with van der Waals surface area (Å²) in [6.45, 7) is 11.1. The molecule has 0 amide bonds. The molecule has 0 radical (unpaired) electrons. The molecular weight excluding hydrogens is 284 g/mol. The molecule has 0 spiro atoms. The fraction of sp³-hybridized carbons (Fsp3) is 0.647. The Balaban J connectivity index is 0.00000220. The minimum Gasteiger partial charge on any atom is -1.00 e. The number of benzene rings is 1. The van der Waals surface area contributed by atoms with E-state index in [1.54, 1.807) is 0 Å². The molecule has 120 valence electrons. The maximum Gasteiger partial charge on any atom is 0.119 e. The Morgan fingerprint density at radius 1 is 1.19 bits per heavy atom. The molecule has 0 aliphatic carbocycles. The van der Waals surface area contributed by atoms with E-state index in [9.17, 15) is 0 Å². The summed E-state index contributed by atoms with van der Waals surface area (Å²) in [6.07, 6.45) is 2.36. The summed E-state index contributed by atoms with van der Waals surface area (Å²) in [4.78, 5) is 2.54. The van der Waals surface area contributed by atoms with Gasteiger partial charge in [-0.3, -0.25) is 0 Å². The van der Waals surface area contributed by atoms with Crippen LogP contribution in [0.3, 0.4) is 0 Å². The highest BCUT2D eigenvalue weighted by Gasteiger charge is 2.08. The molecule has 1 aliphatic heterocycles. The van der Waals surface area contributed by atoms with Crippen LogP contribution in [-0.4, -0.2) is 44.2 Å². The lowest BCUT2D eigenvalue weighted by Gasteiger charge is -2.27. The number of rotatable bonds is 7. The molecule has 1 aliphatic rings. The third-order valence-corrected chi connectivity index (χ3v) is 3.87. The first-order valence-corrected chi connectivity index (χ1v) is 7.91. The maximum atomic E-state index is 5.86. The van der Waals surface area contributed by atoms with Crippen molar-refractivity contribution < 1.29 is 17.1 Å². The van der Waals surface area contributed by atoms with Gasteiger partial charge in [0.2, 0.25) is 0 Å². The largest absolute Gasteiger partial charge is 1.00 e. The van der Waals surface area contributed by atoms with Crippen LogP contribution in [0.2, 0.25) is 0 Å². The fourth-order valence-corrected chi connectivity index (χ4v) is 2.53. The van der Waals surface area contributed by atoms with Crippen LogP contribution < -0.4 is 22.5 Å². The average molecular weight is 312 g/mol. The summed E-state index contributed by atoms with van der Waals surface area (Å²) in [5.74, 6) is 1.57. The van der Waals surface area contributed by atoms with Gasteiger partial charge in [0.05, 0.1) is 6.61 Å². The molecule has 4 heteroatoms. The van der Waals surface area contributed by atoms with E-state index in [1.807, 2.05) is 0 Å². The third kappa shape index (κ3) is 6.68. The van der Waals surface area contributed by atoms with E-state index >= 15 is 0 Å². The number of ether oxygens (including phenoxy) is 1. The Hall–Kier alpha value is -0.770. The number of piperazine rings is 1. The molecule has 1 N–H and O–H groups in total. The molecule has 0 aromatic heterocycles. The highest BCUT2D eigenvalue weighted by atomic mass is 35.5. The summed E-state index contributed by atoms with van der Waals surface area (Å²) >= 11 is 0. The Morgan fingerprint density at radius 3 is 2.67 bits per heavy atom. The molecule has 1 heterocycles. The van der Waals surface area contributed by atoms with E-state index in [0.29, 0.717) is 5.92 Å². The SMILES string of the molecule is CC(C)c1cccc(OCCCCN2CCNCC2)c1.[Cl-]. The van der Waals surface area contributed by atoms with Gasteiger partial charge in [0.25, 0.3) is 0 Å². The second-order valence-corrected chi connectivity index (χ2v) is 5.87. The Labute approximate surface area is 135 Å². The summed E-state index contributed by atoms with van der Waals surface area (Å²) < 4.78 is 5.86. The van der Waals surface area contributed by atoms with Gasteiger partial charge in [0.15, 0.2) is 0 Å². The number of nitrogens with zero attached hydrogens (tertiary/aromatic N) is 1. The Morgan fingerprint density at radius 2 is 1.95 bits per heavy atom. The standard InChI is InChI=1S/C17H28N2O.ClH/c1-15(2)16-6-5-7-17(14-16)20-13-4-3-10-19-11-8-18-9-12-19;/h5-7,14-15,18H,3-4,8-13H2,1-2H3;1H/p-1. The zero-order chi connectivity index (χ0) is 14.2. The summed E-state index contributed by atoms with van der Waals surface area (Å²) in [5.41, 5.74) is 1.35. The summed E-state index contributed by atoms with van der Waals surface area (Å²) in [6, 6.07) is 8.48. The van der Waals surface area contributed by atoms with Crippen molar-refractivity contribution in [2.24, 2.45) is 0 Å². The van der Waals surface area contributed by atoms with Gasteiger partial charge in [-0.25, -0.2) is 0 Å². The lowest BCUT2D eigenvalue weighted by atomic mass is 10.0. The number of hydrogen-bond donors (Lipinski definition) is 1. The van der Waals surface area contributed by atoms with E-state index in [1.165, 1.54) is 31.6 Å². The van der Waals surface area contributed by atoms with Gasteiger partial charge in [-0.2, -0.15) is 0 Å². The van der Waals surface area contributed by atoms with Crippen LogP contribution in [0.1, 0.15) is 38.2 Å². The van der Waals surface area contributed by atoms with Crippen molar-refractivity contribution in [3.63, 3.8) is 0 Å². The molecule has 0 atom stereocenters. The molecule has 1 saturated heterocycles. The number of hydrogen-bond acceptors (Lipinski definition) is 3. The van der Waals surface area contributed by atoms with E-state index in [0.717, 1.165) is 31.9 Å². The average Bonchev–Trinajstić information content (AvgIpc) is 2.48. The lowest BCUT2D eigenvalue weighted by molar-refractivity contribution is -0.00000483. The molecule has 0 unspecified atom stereocenters. The van der Waals surface area contributed by atoms with Gasteiger partial charge in [-0.05, 0) is 43.0 Å². The lowest BCUT2D eigenvalue weighted by Crippen LogP contribution is -3.00. The van der Waals surface area contributed by atoms with Crippen LogP contribution in [0.5, 0.6) is 5.75 Å². The molecule has 1 aromatic rings. The van der Waals surface area contributed by atoms with Crippen molar-refractivity contribution in [1.82, 2.24) is 10.2 Å². The minimum atomic E-state index is 0. The van der Waals surface area contributed by atoms with E-state index < -0.39 is 0 Å². The maximum absolute atomic E-state index is 5.86. The minimum absolute atomic E-state index is 0. The van der Waals surface area contributed by atoms with Crippen molar-refractivity contribution in [2.75, 3.05) is 39.3 Å². The molecule has 3 nitrogen and oxygen atoms in total. The third-order valence-electron chi connectivity index (χ3n) is 3.87. The van der Waals surface area contributed by atoms with Gasteiger partial charge >= 0.3 is 0 Å². The molecule has 0 bridgehead atoms. The van der Waals surface area contributed by atoms with Crippen LogP contribution in [0.25, 0.3) is 0 Å². The molecular formula is C17H28ClN2O-. The Bertz CT molecular complexity index is 392. The van der Waals surface area contributed by atoms with Crippen LogP contribution in [0.15, 0.2) is 24.3 Å². The van der Waals surface area contributed by atoms with Gasteiger partial charge in [0.1, 0.15) is 5.75 Å². The zero-order valence-electron chi connectivity index (χ0n) is 13.3. The van der Waals surface area contributed by atoms with Crippen molar-refractivity contribution in [2.45, 2.75) is 32.6 Å². The smallest absolute Gasteiger partial charge is 0.119 e. The van der Waals surface area contributed by atoms with E-state index in [2.05, 4.69) is 48.3 Å². The monoisotopic (exact) mass is 311 g/mol.